The molecule has 1 aromatic carbocycles. The van der Waals surface area contributed by atoms with Crippen LogP contribution in [0.25, 0.3) is 0 Å². The van der Waals surface area contributed by atoms with Gasteiger partial charge in [0, 0.05) is 0 Å². The largest absolute Gasteiger partial charge is 0.244 e. The second kappa shape index (κ2) is 6.74. The van der Waals surface area contributed by atoms with Crippen LogP contribution >= 0.6 is 0 Å². The van der Waals surface area contributed by atoms with E-state index in [1.807, 2.05) is 4.68 Å². The highest BCUT2D eigenvalue weighted by Crippen LogP contribution is 2.22. The molecule has 22 heavy (non-hydrogen) atoms. The zero-order chi connectivity index (χ0) is 16.2. The van der Waals surface area contributed by atoms with Crippen molar-refractivity contribution in [1.29, 1.82) is 5.26 Å². The molecule has 0 amide bonds. The van der Waals surface area contributed by atoms with Crippen LogP contribution in [0, 0.1) is 11.3 Å². The Balaban J connectivity index is 2.20. The quantitative estimate of drug-likeness (QED) is 0.842. The van der Waals surface area contributed by atoms with E-state index in [0.29, 0.717) is 12.2 Å². The van der Waals surface area contributed by atoms with Crippen molar-refractivity contribution in [2.75, 3.05) is 0 Å². The van der Waals surface area contributed by atoms with E-state index in [-0.39, 0.29) is 5.41 Å². The van der Waals surface area contributed by atoms with E-state index < -0.39 is 0 Å². The molecule has 2 aromatic rings. The summed E-state index contributed by atoms with van der Waals surface area (Å²) in [7, 11) is 0. The van der Waals surface area contributed by atoms with Gasteiger partial charge in [-0.1, -0.05) is 63.6 Å². The molecule has 0 N–H and O–H groups in total. The van der Waals surface area contributed by atoms with Crippen LogP contribution in [0.2, 0.25) is 0 Å². The van der Waals surface area contributed by atoms with Gasteiger partial charge in [0.05, 0.1) is 12.2 Å². The third-order valence-electron chi connectivity index (χ3n) is 3.86. The second-order valence-electron chi connectivity index (χ2n) is 6.70. The predicted molar refractivity (Wildman–Crippen MR) is 87.6 cm³/mol. The lowest BCUT2D eigenvalue weighted by Gasteiger charge is -2.19. The van der Waals surface area contributed by atoms with Gasteiger partial charge in [-0.3, -0.25) is 0 Å². The van der Waals surface area contributed by atoms with Crippen LogP contribution in [0.1, 0.15) is 63.1 Å². The molecule has 4 nitrogen and oxygen atoms in total. The van der Waals surface area contributed by atoms with Crippen molar-refractivity contribution < 1.29 is 0 Å². The minimum atomic E-state index is 0.159. The molecule has 0 bridgehead atoms. The molecule has 2 rings (SSSR count). The van der Waals surface area contributed by atoms with Gasteiger partial charge >= 0.3 is 0 Å². The van der Waals surface area contributed by atoms with E-state index in [0.717, 1.165) is 25.0 Å². The van der Waals surface area contributed by atoms with Gasteiger partial charge in [-0.25, -0.2) is 4.68 Å². The fourth-order valence-corrected chi connectivity index (χ4v) is 2.42. The average molecular weight is 296 g/mol. The summed E-state index contributed by atoms with van der Waals surface area (Å²) in [5.74, 6) is 0. The molecule has 116 valence electrons. The lowest BCUT2D eigenvalue weighted by atomic mass is 9.87. The van der Waals surface area contributed by atoms with Gasteiger partial charge in [-0.15, -0.1) is 5.10 Å². The lowest BCUT2D eigenvalue weighted by molar-refractivity contribution is 0.587. The Hall–Kier alpha value is -2.15. The maximum absolute atomic E-state index is 9.16. The van der Waals surface area contributed by atoms with Gasteiger partial charge in [0.25, 0.3) is 0 Å². The monoisotopic (exact) mass is 296 g/mol. The van der Waals surface area contributed by atoms with Gasteiger partial charge in [0.15, 0.2) is 5.69 Å². The third kappa shape index (κ3) is 3.73. The van der Waals surface area contributed by atoms with Crippen molar-refractivity contribution >= 4 is 0 Å². The van der Waals surface area contributed by atoms with Crippen LogP contribution in [0.15, 0.2) is 24.3 Å². The number of nitrogens with zero attached hydrogens (tertiary/aromatic N) is 4. The molecular formula is C18H24N4. The van der Waals surface area contributed by atoms with Gasteiger partial charge in [-0.2, -0.15) is 5.26 Å². The second-order valence-corrected chi connectivity index (χ2v) is 6.70. The molecule has 4 heteroatoms. The number of aromatic nitrogens is 3. The number of hydrogen-bond acceptors (Lipinski definition) is 3. The molecule has 1 aromatic heterocycles. The van der Waals surface area contributed by atoms with Crippen LogP contribution in [0.5, 0.6) is 0 Å². The number of unbranched alkanes of at least 4 members (excludes halogenated alkanes) is 1. The van der Waals surface area contributed by atoms with Crippen LogP contribution in [0.4, 0.5) is 0 Å². The molecule has 0 spiro atoms. The van der Waals surface area contributed by atoms with Gasteiger partial charge < -0.3 is 0 Å². The molecule has 0 unspecified atom stereocenters. The number of benzene rings is 1. The van der Waals surface area contributed by atoms with E-state index in [1.54, 1.807) is 0 Å². The van der Waals surface area contributed by atoms with Gasteiger partial charge in [-0.05, 0) is 29.4 Å². The van der Waals surface area contributed by atoms with Crippen molar-refractivity contribution in [3.63, 3.8) is 0 Å². The normalized spacial score (nSPS) is 11.4. The fourth-order valence-electron chi connectivity index (χ4n) is 2.42. The topological polar surface area (TPSA) is 54.5 Å². The van der Waals surface area contributed by atoms with Crippen molar-refractivity contribution in [3.05, 3.63) is 46.8 Å². The highest BCUT2D eigenvalue weighted by Gasteiger charge is 2.14. The summed E-state index contributed by atoms with van der Waals surface area (Å²) < 4.78 is 1.86. The molecule has 0 saturated carbocycles. The summed E-state index contributed by atoms with van der Waals surface area (Å²) in [5.41, 5.74) is 4.06. The average Bonchev–Trinajstić information content (AvgIpc) is 2.86. The Bertz CT molecular complexity index is 654. The first-order valence-corrected chi connectivity index (χ1v) is 7.87. The summed E-state index contributed by atoms with van der Waals surface area (Å²) in [4.78, 5) is 0. The molecule has 0 aliphatic rings. The zero-order valence-electron chi connectivity index (χ0n) is 13.9. The predicted octanol–water partition coefficient (Wildman–Crippen LogP) is 3.84. The molecule has 0 aliphatic heterocycles. The molecular weight excluding hydrogens is 272 g/mol. The molecule has 0 saturated heterocycles. The zero-order valence-corrected chi connectivity index (χ0v) is 13.9. The van der Waals surface area contributed by atoms with E-state index in [1.165, 1.54) is 11.1 Å². The minimum absolute atomic E-state index is 0.159. The molecule has 0 radical (unpaired) electrons. The van der Waals surface area contributed by atoms with Crippen molar-refractivity contribution in [2.24, 2.45) is 0 Å². The Morgan fingerprint density at radius 1 is 1.18 bits per heavy atom. The standard InChI is InChI=1S/C18H24N4/c1-5-6-7-17-16(12-19)20-21-22(17)13-14-8-10-15(11-9-14)18(2,3)4/h8-11H,5-7,13H2,1-4H3. The molecule has 0 atom stereocenters. The summed E-state index contributed by atoms with van der Waals surface area (Å²) in [6.07, 6.45) is 2.99. The smallest absolute Gasteiger partial charge is 0.185 e. The van der Waals surface area contributed by atoms with Crippen LogP contribution in [-0.4, -0.2) is 15.0 Å². The highest BCUT2D eigenvalue weighted by atomic mass is 15.4. The lowest BCUT2D eigenvalue weighted by Crippen LogP contribution is -2.11. The highest BCUT2D eigenvalue weighted by molar-refractivity contribution is 5.29. The third-order valence-corrected chi connectivity index (χ3v) is 3.86. The molecule has 0 aliphatic carbocycles. The Morgan fingerprint density at radius 2 is 1.86 bits per heavy atom. The Kier molecular flexibility index (Phi) is 4.97. The SMILES string of the molecule is CCCCc1c(C#N)nnn1Cc1ccc(C(C)(C)C)cc1. The molecule has 1 heterocycles. The molecule has 0 fully saturated rings. The fraction of sp³-hybridized carbons (Fsp3) is 0.500. The number of hydrogen-bond donors (Lipinski definition) is 0. The summed E-state index contributed by atoms with van der Waals surface area (Å²) in [6.45, 7) is 9.44. The summed E-state index contributed by atoms with van der Waals surface area (Å²) >= 11 is 0. The number of nitriles is 1. The first-order chi connectivity index (χ1) is 10.5. The van der Waals surface area contributed by atoms with Crippen LogP contribution in [0.3, 0.4) is 0 Å². The van der Waals surface area contributed by atoms with Crippen LogP contribution in [-0.2, 0) is 18.4 Å². The van der Waals surface area contributed by atoms with Crippen molar-refractivity contribution in [3.8, 4) is 6.07 Å². The van der Waals surface area contributed by atoms with Crippen molar-refractivity contribution in [1.82, 2.24) is 15.0 Å². The van der Waals surface area contributed by atoms with Crippen molar-refractivity contribution in [2.45, 2.75) is 58.9 Å². The van der Waals surface area contributed by atoms with E-state index in [9.17, 15) is 0 Å². The van der Waals surface area contributed by atoms with Gasteiger partial charge in [0.2, 0.25) is 0 Å². The maximum Gasteiger partial charge on any atom is 0.185 e. The van der Waals surface area contributed by atoms with E-state index in [2.05, 4.69) is 68.3 Å². The Morgan fingerprint density at radius 3 is 2.41 bits per heavy atom. The van der Waals surface area contributed by atoms with E-state index in [4.69, 9.17) is 5.26 Å². The summed E-state index contributed by atoms with van der Waals surface area (Å²) in [5, 5.41) is 17.3. The minimum Gasteiger partial charge on any atom is -0.244 e. The maximum atomic E-state index is 9.16. The first kappa shape index (κ1) is 16.2. The van der Waals surface area contributed by atoms with Gasteiger partial charge in [0.1, 0.15) is 6.07 Å². The van der Waals surface area contributed by atoms with Crippen LogP contribution < -0.4 is 0 Å². The summed E-state index contributed by atoms with van der Waals surface area (Å²) in [6, 6.07) is 10.8. The Labute approximate surface area is 132 Å². The van der Waals surface area contributed by atoms with E-state index >= 15 is 0 Å². The number of rotatable bonds is 5. The first-order valence-electron chi connectivity index (χ1n) is 7.87.